The molecule has 98 valence electrons. The van der Waals surface area contributed by atoms with Crippen molar-refractivity contribution in [1.29, 1.82) is 0 Å². The lowest BCUT2D eigenvalue weighted by molar-refractivity contribution is 0.200. The van der Waals surface area contributed by atoms with Crippen molar-refractivity contribution in [2.45, 2.75) is 44.9 Å². The number of carbonyl (C=O) groups excluding carboxylic acids is 1. The largest absolute Gasteiger partial charge is 0.324 e. The van der Waals surface area contributed by atoms with Crippen LogP contribution in [0.15, 0.2) is 0 Å². The molecule has 18 heavy (non-hydrogen) atoms. The van der Waals surface area contributed by atoms with Crippen LogP contribution in [0.4, 0.5) is 9.93 Å². The van der Waals surface area contributed by atoms with Crippen LogP contribution in [-0.4, -0.2) is 29.0 Å². The fraction of sp³-hybridized carbons (Fsp3) is 0.692. The Balaban J connectivity index is 1.64. The van der Waals surface area contributed by atoms with Crippen LogP contribution in [0.25, 0.3) is 0 Å². The number of likely N-dealkylation sites (tertiary alicyclic amines) is 1. The predicted octanol–water partition coefficient (Wildman–Crippen LogP) is 3.04. The molecular formula is C13H19N3OS. The Bertz CT molecular complexity index is 414. The van der Waals surface area contributed by atoms with Crippen molar-refractivity contribution in [2.24, 2.45) is 0 Å². The Morgan fingerprint density at radius 2 is 1.89 bits per heavy atom. The SMILES string of the molecule is O=C(Nc1nc2c(s1)CCCC2)N1CCCCC1. The van der Waals surface area contributed by atoms with E-state index in [-0.39, 0.29) is 6.03 Å². The Labute approximate surface area is 111 Å². The summed E-state index contributed by atoms with van der Waals surface area (Å²) in [6.07, 6.45) is 8.20. The lowest BCUT2D eigenvalue weighted by atomic mass is 10.0. The summed E-state index contributed by atoms with van der Waals surface area (Å²) in [5.74, 6) is 0. The number of carbonyl (C=O) groups is 1. The molecule has 5 heteroatoms. The van der Waals surface area contributed by atoms with E-state index < -0.39 is 0 Å². The second-order valence-electron chi connectivity index (χ2n) is 5.07. The summed E-state index contributed by atoms with van der Waals surface area (Å²) < 4.78 is 0. The standard InChI is InChI=1S/C13H19N3OS/c17-13(16-8-4-1-5-9-16)15-12-14-10-6-2-3-7-11(10)18-12/h1-9H2,(H,14,15,17). The van der Waals surface area contributed by atoms with E-state index in [1.54, 1.807) is 11.3 Å². The number of nitrogens with zero attached hydrogens (tertiary/aromatic N) is 2. The van der Waals surface area contributed by atoms with Gasteiger partial charge in [0, 0.05) is 18.0 Å². The van der Waals surface area contributed by atoms with Crippen molar-refractivity contribution in [3.63, 3.8) is 0 Å². The molecule has 0 atom stereocenters. The van der Waals surface area contributed by atoms with Crippen LogP contribution in [0.3, 0.4) is 0 Å². The Hall–Kier alpha value is -1.10. The molecule has 1 N–H and O–H groups in total. The van der Waals surface area contributed by atoms with Crippen LogP contribution >= 0.6 is 11.3 Å². The average molecular weight is 265 g/mol. The Morgan fingerprint density at radius 3 is 2.67 bits per heavy atom. The lowest BCUT2D eigenvalue weighted by Gasteiger charge is -2.26. The topological polar surface area (TPSA) is 45.2 Å². The van der Waals surface area contributed by atoms with Gasteiger partial charge in [0.25, 0.3) is 0 Å². The summed E-state index contributed by atoms with van der Waals surface area (Å²) in [5, 5.41) is 3.75. The maximum atomic E-state index is 12.1. The van der Waals surface area contributed by atoms with E-state index in [1.807, 2.05) is 4.90 Å². The molecule has 1 aliphatic heterocycles. The van der Waals surface area contributed by atoms with Crippen molar-refractivity contribution in [1.82, 2.24) is 9.88 Å². The van der Waals surface area contributed by atoms with Gasteiger partial charge in [0.1, 0.15) is 0 Å². The number of anilines is 1. The number of fused-ring (bicyclic) bond motifs is 1. The fourth-order valence-corrected chi connectivity index (χ4v) is 3.71. The van der Waals surface area contributed by atoms with E-state index in [0.717, 1.165) is 43.9 Å². The van der Waals surface area contributed by atoms with Gasteiger partial charge < -0.3 is 4.90 Å². The predicted molar refractivity (Wildman–Crippen MR) is 73.2 cm³/mol. The molecule has 0 bridgehead atoms. The molecule has 4 nitrogen and oxygen atoms in total. The first-order valence-electron chi connectivity index (χ1n) is 6.87. The molecule has 1 aliphatic carbocycles. The highest BCUT2D eigenvalue weighted by Crippen LogP contribution is 2.29. The minimum Gasteiger partial charge on any atom is -0.324 e. The van der Waals surface area contributed by atoms with Gasteiger partial charge in [-0.1, -0.05) is 0 Å². The molecule has 2 amide bonds. The van der Waals surface area contributed by atoms with Crippen molar-refractivity contribution in [3.8, 4) is 0 Å². The first kappa shape index (κ1) is 12.0. The van der Waals surface area contributed by atoms with Crippen LogP contribution in [0.5, 0.6) is 0 Å². The molecule has 0 spiro atoms. The van der Waals surface area contributed by atoms with E-state index in [9.17, 15) is 4.79 Å². The molecule has 0 saturated carbocycles. The van der Waals surface area contributed by atoms with Gasteiger partial charge in [-0.3, -0.25) is 5.32 Å². The number of hydrogen-bond acceptors (Lipinski definition) is 3. The van der Waals surface area contributed by atoms with Crippen LogP contribution in [0.2, 0.25) is 0 Å². The van der Waals surface area contributed by atoms with Gasteiger partial charge in [-0.15, -0.1) is 11.3 Å². The zero-order chi connectivity index (χ0) is 12.4. The van der Waals surface area contributed by atoms with Crippen LogP contribution in [-0.2, 0) is 12.8 Å². The highest BCUT2D eigenvalue weighted by Gasteiger charge is 2.20. The molecule has 2 heterocycles. The van der Waals surface area contributed by atoms with Crippen molar-refractivity contribution >= 4 is 22.5 Å². The number of aryl methyl sites for hydroxylation is 2. The summed E-state index contributed by atoms with van der Waals surface area (Å²) in [7, 11) is 0. The number of rotatable bonds is 1. The molecular weight excluding hydrogens is 246 g/mol. The zero-order valence-corrected chi connectivity index (χ0v) is 11.4. The summed E-state index contributed by atoms with van der Waals surface area (Å²) >= 11 is 1.66. The number of amides is 2. The maximum absolute atomic E-state index is 12.1. The Morgan fingerprint density at radius 1 is 1.11 bits per heavy atom. The van der Waals surface area contributed by atoms with Crippen molar-refractivity contribution < 1.29 is 4.79 Å². The second kappa shape index (κ2) is 5.26. The van der Waals surface area contributed by atoms with Crippen LogP contribution < -0.4 is 5.32 Å². The summed E-state index contributed by atoms with van der Waals surface area (Å²) in [6, 6.07) is 0.0285. The first-order valence-corrected chi connectivity index (χ1v) is 7.69. The third-order valence-electron chi connectivity index (χ3n) is 3.70. The minimum atomic E-state index is 0.0285. The second-order valence-corrected chi connectivity index (χ2v) is 6.16. The van der Waals surface area contributed by atoms with Gasteiger partial charge >= 0.3 is 6.03 Å². The number of thiazole rings is 1. The smallest absolute Gasteiger partial charge is 0.323 e. The summed E-state index contributed by atoms with van der Waals surface area (Å²) in [4.78, 5) is 19.9. The molecule has 1 aromatic rings. The number of hydrogen-bond donors (Lipinski definition) is 1. The van der Waals surface area contributed by atoms with Crippen LogP contribution in [0.1, 0.15) is 42.7 Å². The molecule has 1 saturated heterocycles. The Kier molecular flexibility index (Phi) is 3.50. The molecule has 3 rings (SSSR count). The van der Waals surface area contributed by atoms with Gasteiger partial charge in [0.2, 0.25) is 0 Å². The molecule has 1 fully saturated rings. The van der Waals surface area contributed by atoms with Gasteiger partial charge in [-0.05, 0) is 44.9 Å². The highest BCUT2D eigenvalue weighted by atomic mass is 32.1. The van der Waals surface area contributed by atoms with E-state index in [1.165, 1.54) is 29.8 Å². The normalized spacial score (nSPS) is 19.4. The third kappa shape index (κ3) is 2.51. The number of nitrogens with one attached hydrogen (secondary N) is 1. The summed E-state index contributed by atoms with van der Waals surface area (Å²) in [6.45, 7) is 1.77. The monoisotopic (exact) mass is 265 g/mol. The van der Waals surface area contributed by atoms with E-state index in [4.69, 9.17) is 0 Å². The zero-order valence-electron chi connectivity index (χ0n) is 10.6. The van der Waals surface area contributed by atoms with Gasteiger partial charge in [0.05, 0.1) is 5.69 Å². The highest BCUT2D eigenvalue weighted by molar-refractivity contribution is 7.15. The van der Waals surface area contributed by atoms with Gasteiger partial charge in [-0.25, -0.2) is 9.78 Å². The first-order chi connectivity index (χ1) is 8.83. The number of urea groups is 1. The molecule has 0 radical (unpaired) electrons. The van der Waals surface area contributed by atoms with E-state index >= 15 is 0 Å². The van der Waals surface area contributed by atoms with E-state index in [0.29, 0.717) is 0 Å². The molecule has 2 aliphatic rings. The van der Waals surface area contributed by atoms with Crippen LogP contribution in [0, 0.1) is 0 Å². The number of piperidine rings is 1. The minimum absolute atomic E-state index is 0.0285. The lowest BCUT2D eigenvalue weighted by Crippen LogP contribution is -2.38. The van der Waals surface area contributed by atoms with Gasteiger partial charge in [0.15, 0.2) is 5.13 Å². The van der Waals surface area contributed by atoms with Crippen molar-refractivity contribution in [3.05, 3.63) is 10.6 Å². The van der Waals surface area contributed by atoms with Crippen molar-refractivity contribution in [2.75, 3.05) is 18.4 Å². The average Bonchev–Trinajstić information content (AvgIpc) is 2.82. The molecule has 0 aromatic carbocycles. The number of aromatic nitrogens is 1. The van der Waals surface area contributed by atoms with E-state index in [2.05, 4.69) is 10.3 Å². The summed E-state index contributed by atoms with van der Waals surface area (Å²) in [5.41, 5.74) is 1.21. The van der Waals surface area contributed by atoms with Gasteiger partial charge in [-0.2, -0.15) is 0 Å². The molecule has 0 unspecified atom stereocenters. The fourth-order valence-electron chi connectivity index (χ4n) is 2.67. The maximum Gasteiger partial charge on any atom is 0.323 e. The quantitative estimate of drug-likeness (QED) is 0.848. The molecule has 1 aromatic heterocycles. The third-order valence-corrected chi connectivity index (χ3v) is 4.78.